The normalized spacial score (nSPS) is 12.4. The third-order valence-corrected chi connectivity index (χ3v) is 2.54. The third-order valence-electron chi connectivity index (χ3n) is 2.54. The Labute approximate surface area is 113 Å². The molecule has 1 atom stereocenters. The van der Waals surface area contributed by atoms with Gasteiger partial charge in [0, 0.05) is 12.6 Å². The van der Waals surface area contributed by atoms with Gasteiger partial charge in [0.1, 0.15) is 5.76 Å². The van der Waals surface area contributed by atoms with Crippen LogP contribution in [-0.4, -0.2) is 47.3 Å². The summed E-state index contributed by atoms with van der Waals surface area (Å²) in [5, 5.41) is 16.0. The highest BCUT2D eigenvalue weighted by atomic mass is 16.5. The highest BCUT2D eigenvalue weighted by Crippen LogP contribution is 2.07. The quantitative estimate of drug-likeness (QED) is 0.691. The van der Waals surface area contributed by atoms with Crippen LogP contribution in [0.2, 0.25) is 0 Å². The Morgan fingerprint density at radius 3 is 3.05 bits per heavy atom. The lowest BCUT2D eigenvalue weighted by Crippen LogP contribution is -2.35. The summed E-state index contributed by atoms with van der Waals surface area (Å²) in [4.78, 5) is 13.5. The fourth-order valence-corrected chi connectivity index (χ4v) is 1.68. The van der Waals surface area contributed by atoms with Crippen LogP contribution >= 0.6 is 0 Å². The van der Waals surface area contributed by atoms with Crippen LogP contribution in [-0.2, 0) is 4.79 Å². The van der Waals surface area contributed by atoms with Gasteiger partial charge in [-0.25, -0.2) is 0 Å². The van der Waals surface area contributed by atoms with Crippen molar-refractivity contribution >= 4 is 11.7 Å². The van der Waals surface area contributed by atoms with Crippen LogP contribution in [0.25, 0.3) is 0 Å². The second kappa shape index (κ2) is 7.70. The van der Waals surface area contributed by atoms with Crippen molar-refractivity contribution < 1.29 is 14.4 Å². The SMILES string of the molecule is C=CCCC(O)CN(C)CC(=O)Nc1cc(C)on1. The van der Waals surface area contributed by atoms with Crippen molar-refractivity contribution in [3.63, 3.8) is 0 Å². The summed E-state index contributed by atoms with van der Waals surface area (Å²) in [6, 6.07) is 1.65. The number of hydrogen-bond acceptors (Lipinski definition) is 5. The van der Waals surface area contributed by atoms with E-state index in [1.165, 1.54) is 0 Å². The number of rotatable bonds is 8. The van der Waals surface area contributed by atoms with E-state index in [1.54, 1.807) is 31.0 Å². The van der Waals surface area contributed by atoms with Crippen LogP contribution in [0.4, 0.5) is 5.82 Å². The van der Waals surface area contributed by atoms with Crippen molar-refractivity contribution in [1.29, 1.82) is 0 Å². The van der Waals surface area contributed by atoms with Gasteiger partial charge in [-0.1, -0.05) is 11.2 Å². The minimum absolute atomic E-state index is 0.188. The van der Waals surface area contributed by atoms with Gasteiger partial charge in [0.25, 0.3) is 0 Å². The molecule has 1 aromatic rings. The van der Waals surface area contributed by atoms with Crippen LogP contribution < -0.4 is 5.32 Å². The van der Waals surface area contributed by atoms with E-state index in [2.05, 4.69) is 17.1 Å². The predicted octanol–water partition coefficient (Wildman–Crippen LogP) is 1.18. The Morgan fingerprint density at radius 2 is 2.47 bits per heavy atom. The molecule has 1 heterocycles. The van der Waals surface area contributed by atoms with E-state index in [-0.39, 0.29) is 12.5 Å². The number of nitrogens with zero attached hydrogens (tertiary/aromatic N) is 2. The van der Waals surface area contributed by atoms with E-state index in [4.69, 9.17) is 4.52 Å². The Balaban J connectivity index is 2.29. The Kier molecular flexibility index (Phi) is 6.24. The smallest absolute Gasteiger partial charge is 0.239 e. The van der Waals surface area contributed by atoms with E-state index >= 15 is 0 Å². The fourth-order valence-electron chi connectivity index (χ4n) is 1.68. The van der Waals surface area contributed by atoms with Gasteiger partial charge < -0.3 is 14.9 Å². The molecule has 6 nitrogen and oxygen atoms in total. The van der Waals surface area contributed by atoms with Gasteiger partial charge in [0.2, 0.25) is 5.91 Å². The molecule has 0 aromatic carbocycles. The number of carbonyl (C=O) groups is 1. The number of amides is 1. The molecular formula is C13H21N3O3. The van der Waals surface area contributed by atoms with Crippen LogP contribution in [0.1, 0.15) is 18.6 Å². The van der Waals surface area contributed by atoms with E-state index in [9.17, 15) is 9.90 Å². The summed E-state index contributed by atoms with van der Waals surface area (Å²) in [6.07, 6.45) is 2.73. The topological polar surface area (TPSA) is 78.6 Å². The number of anilines is 1. The minimum Gasteiger partial charge on any atom is -0.392 e. The Bertz CT molecular complexity index is 417. The molecule has 6 heteroatoms. The van der Waals surface area contributed by atoms with Crippen LogP contribution in [0, 0.1) is 6.92 Å². The van der Waals surface area contributed by atoms with Crippen molar-refractivity contribution in [2.45, 2.75) is 25.9 Å². The average Bonchev–Trinajstić information content (AvgIpc) is 2.71. The summed E-state index contributed by atoms with van der Waals surface area (Å²) in [5.41, 5.74) is 0. The summed E-state index contributed by atoms with van der Waals surface area (Å²) >= 11 is 0. The van der Waals surface area contributed by atoms with Crippen molar-refractivity contribution in [3.8, 4) is 0 Å². The molecule has 106 valence electrons. The van der Waals surface area contributed by atoms with Gasteiger partial charge in [0.15, 0.2) is 5.82 Å². The number of aromatic nitrogens is 1. The Hall–Kier alpha value is -1.66. The molecule has 1 unspecified atom stereocenters. The molecule has 1 aromatic heterocycles. The summed E-state index contributed by atoms with van der Waals surface area (Å²) in [7, 11) is 1.78. The molecule has 0 bridgehead atoms. The summed E-state index contributed by atoms with van der Waals surface area (Å²) < 4.78 is 4.85. The van der Waals surface area contributed by atoms with Crippen LogP contribution in [0.3, 0.4) is 0 Å². The van der Waals surface area contributed by atoms with E-state index in [1.807, 2.05) is 0 Å². The molecule has 0 fully saturated rings. The molecule has 1 amide bonds. The molecule has 0 spiro atoms. The highest BCUT2D eigenvalue weighted by Gasteiger charge is 2.12. The molecule has 0 aliphatic rings. The van der Waals surface area contributed by atoms with Gasteiger partial charge in [-0.15, -0.1) is 6.58 Å². The standard InChI is InChI=1S/C13H21N3O3/c1-4-5-6-11(17)8-16(3)9-13(18)14-12-7-10(2)19-15-12/h4,7,11,17H,1,5-6,8-9H2,2-3H3,(H,14,15,18). The highest BCUT2D eigenvalue weighted by molar-refractivity contribution is 5.91. The molecule has 0 radical (unpaired) electrons. The number of aliphatic hydroxyl groups is 1. The number of carbonyl (C=O) groups excluding carboxylic acids is 1. The number of aliphatic hydroxyl groups excluding tert-OH is 1. The maximum Gasteiger partial charge on any atom is 0.239 e. The van der Waals surface area contributed by atoms with Gasteiger partial charge in [-0.05, 0) is 26.8 Å². The first-order valence-electron chi connectivity index (χ1n) is 6.22. The minimum atomic E-state index is -0.454. The van der Waals surface area contributed by atoms with Crippen LogP contribution in [0.5, 0.6) is 0 Å². The van der Waals surface area contributed by atoms with Crippen LogP contribution in [0.15, 0.2) is 23.2 Å². The predicted molar refractivity (Wildman–Crippen MR) is 72.8 cm³/mol. The lowest BCUT2D eigenvalue weighted by molar-refractivity contribution is -0.117. The van der Waals surface area contributed by atoms with Gasteiger partial charge in [-0.3, -0.25) is 9.69 Å². The first kappa shape index (κ1) is 15.4. The van der Waals surface area contributed by atoms with Gasteiger partial charge in [-0.2, -0.15) is 0 Å². The molecule has 2 N–H and O–H groups in total. The van der Waals surface area contributed by atoms with E-state index in [0.29, 0.717) is 24.5 Å². The second-order valence-electron chi connectivity index (χ2n) is 4.59. The molecule has 0 saturated carbocycles. The molecule has 1 rings (SSSR count). The largest absolute Gasteiger partial charge is 0.392 e. The number of allylic oxidation sites excluding steroid dienone is 1. The zero-order chi connectivity index (χ0) is 14.3. The Morgan fingerprint density at radius 1 is 1.74 bits per heavy atom. The summed E-state index contributed by atoms with van der Waals surface area (Å²) in [5.74, 6) is 0.860. The van der Waals surface area contributed by atoms with Gasteiger partial charge >= 0.3 is 0 Å². The van der Waals surface area contributed by atoms with Crippen molar-refractivity contribution in [3.05, 3.63) is 24.5 Å². The molecule has 0 saturated heterocycles. The number of aryl methyl sites for hydroxylation is 1. The van der Waals surface area contributed by atoms with Crippen molar-refractivity contribution in [1.82, 2.24) is 10.1 Å². The van der Waals surface area contributed by atoms with Crippen molar-refractivity contribution in [2.24, 2.45) is 0 Å². The third kappa shape index (κ3) is 6.17. The van der Waals surface area contributed by atoms with Crippen molar-refractivity contribution in [2.75, 3.05) is 25.5 Å². The number of likely N-dealkylation sites (N-methyl/N-ethyl adjacent to an activating group) is 1. The van der Waals surface area contributed by atoms with Gasteiger partial charge in [0.05, 0.1) is 12.6 Å². The maximum absolute atomic E-state index is 11.7. The van der Waals surface area contributed by atoms with E-state index in [0.717, 1.165) is 6.42 Å². The average molecular weight is 267 g/mol. The molecule has 0 aliphatic carbocycles. The first-order chi connectivity index (χ1) is 9.01. The maximum atomic E-state index is 11.7. The molecular weight excluding hydrogens is 246 g/mol. The molecule has 19 heavy (non-hydrogen) atoms. The zero-order valence-corrected chi connectivity index (χ0v) is 11.4. The lowest BCUT2D eigenvalue weighted by atomic mass is 10.2. The second-order valence-corrected chi connectivity index (χ2v) is 4.59. The zero-order valence-electron chi connectivity index (χ0n) is 11.4. The lowest BCUT2D eigenvalue weighted by Gasteiger charge is -2.19. The number of nitrogens with one attached hydrogen (secondary N) is 1. The summed E-state index contributed by atoms with van der Waals surface area (Å²) in [6.45, 7) is 5.99. The fraction of sp³-hybridized carbons (Fsp3) is 0.538. The molecule has 0 aliphatic heterocycles. The first-order valence-corrected chi connectivity index (χ1v) is 6.22. The number of hydrogen-bond donors (Lipinski definition) is 2. The monoisotopic (exact) mass is 267 g/mol. The van der Waals surface area contributed by atoms with E-state index < -0.39 is 6.10 Å².